The number of imidazole rings is 1. The van der Waals surface area contributed by atoms with E-state index in [0.717, 1.165) is 18.4 Å². The number of nitro groups is 1. The van der Waals surface area contributed by atoms with Crippen molar-refractivity contribution in [1.29, 1.82) is 0 Å². The zero-order chi connectivity index (χ0) is 17.1. The lowest BCUT2D eigenvalue weighted by atomic mass is 9.89. The first-order chi connectivity index (χ1) is 11.5. The lowest BCUT2D eigenvalue weighted by Gasteiger charge is -2.20. The first-order valence-corrected chi connectivity index (χ1v) is 8.10. The standard InChI is InChI=1S/C17H20N4O3/c1-12(14-7-6-13-4-2-3-5-15(13)8-14)19-17(22)10-20-9-16(18-11-20)21(23)24/h6-9,11-12H,2-5,10H2,1H3,(H,19,22). The van der Waals surface area contributed by atoms with Gasteiger partial charge in [0.2, 0.25) is 12.2 Å². The Bertz CT molecular complexity index is 769. The van der Waals surface area contributed by atoms with Crippen LogP contribution in [0.4, 0.5) is 5.82 Å². The van der Waals surface area contributed by atoms with Gasteiger partial charge >= 0.3 is 5.82 Å². The van der Waals surface area contributed by atoms with E-state index in [9.17, 15) is 14.9 Å². The van der Waals surface area contributed by atoms with Gasteiger partial charge in [0.05, 0.1) is 6.04 Å². The molecular formula is C17H20N4O3. The lowest BCUT2D eigenvalue weighted by molar-refractivity contribution is -0.389. The number of rotatable bonds is 5. The van der Waals surface area contributed by atoms with E-state index in [2.05, 4.69) is 28.5 Å². The molecule has 0 bridgehead atoms. The molecule has 1 aliphatic rings. The molecule has 2 aromatic rings. The maximum absolute atomic E-state index is 12.1. The molecule has 126 valence electrons. The van der Waals surface area contributed by atoms with Crippen molar-refractivity contribution in [2.75, 3.05) is 0 Å². The van der Waals surface area contributed by atoms with Gasteiger partial charge in [0.1, 0.15) is 12.7 Å². The van der Waals surface area contributed by atoms with Gasteiger partial charge in [0.25, 0.3) is 0 Å². The maximum atomic E-state index is 12.1. The molecule has 1 aromatic carbocycles. The zero-order valence-electron chi connectivity index (χ0n) is 13.6. The van der Waals surface area contributed by atoms with Crippen LogP contribution in [0.5, 0.6) is 0 Å². The highest BCUT2D eigenvalue weighted by Crippen LogP contribution is 2.24. The Balaban J connectivity index is 1.62. The highest BCUT2D eigenvalue weighted by molar-refractivity contribution is 5.76. The van der Waals surface area contributed by atoms with Crippen LogP contribution in [0.2, 0.25) is 0 Å². The fraction of sp³-hybridized carbons (Fsp3) is 0.412. The molecule has 1 N–H and O–H groups in total. The first kappa shape index (κ1) is 16.2. The molecule has 1 heterocycles. The van der Waals surface area contributed by atoms with E-state index in [1.165, 1.54) is 41.1 Å². The van der Waals surface area contributed by atoms with Gasteiger partial charge in [-0.2, -0.15) is 0 Å². The summed E-state index contributed by atoms with van der Waals surface area (Å²) in [5.41, 5.74) is 3.87. The third kappa shape index (κ3) is 3.61. The minimum absolute atomic E-state index is 0.0100. The van der Waals surface area contributed by atoms with Crippen LogP contribution in [0.25, 0.3) is 0 Å². The topological polar surface area (TPSA) is 90.1 Å². The van der Waals surface area contributed by atoms with Gasteiger partial charge < -0.3 is 20.0 Å². The van der Waals surface area contributed by atoms with E-state index in [1.54, 1.807) is 0 Å². The minimum atomic E-state index is -0.579. The van der Waals surface area contributed by atoms with Crippen molar-refractivity contribution in [2.45, 2.75) is 45.2 Å². The quantitative estimate of drug-likeness (QED) is 0.674. The summed E-state index contributed by atoms with van der Waals surface area (Å²) in [7, 11) is 0. The molecule has 1 atom stereocenters. The largest absolute Gasteiger partial charge is 0.381 e. The van der Waals surface area contributed by atoms with Crippen LogP contribution in [-0.4, -0.2) is 20.4 Å². The predicted octanol–water partition coefficient (Wildman–Crippen LogP) is 2.55. The van der Waals surface area contributed by atoms with Gasteiger partial charge in [-0.15, -0.1) is 0 Å². The van der Waals surface area contributed by atoms with E-state index in [1.807, 2.05) is 6.92 Å². The first-order valence-electron chi connectivity index (χ1n) is 8.10. The Labute approximate surface area is 139 Å². The average Bonchev–Trinajstić information content (AvgIpc) is 3.03. The molecule has 0 saturated carbocycles. The summed E-state index contributed by atoms with van der Waals surface area (Å²) in [5.74, 6) is -0.460. The Morgan fingerprint density at radius 3 is 2.83 bits per heavy atom. The zero-order valence-corrected chi connectivity index (χ0v) is 13.6. The van der Waals surface area contributed by atoms with Gasteiger partial charge in [-0.1, -0.05) is 18.2 Å². The van der Waals surface area contributed by atoms with Gasteiger partial charge in [0, 0.05) is 0 Å². The summed E-state index contributed by atoms with van der Waals surface area (Å²) in [4.78, 5) is 25.8. The molecule has 7 nitrogen and oxygen atoms in total. The molecule has 7 heteroatoms. The Kier molecular flexibility index (Phi) is 4.59. The number of carbonyl (C=O) groups excluding carboxylic acids is 1. The van der Waals surface area contributed by atoms with Crippen LogP contribution in [0.3, 0.4) is 0 Å². The van der Waals surface area contributed by atoms with E-state index >= 15 is 0 Å². The molecular weight excluding hydrogens is 308 g/mol. The molecule has 24 heavy (non-hydrogen) atoms. The summed E-state index contributed by atoms with van der Waals surface area (Å²) in [6.45, 7) is 1.95. The molecule has 1 aliphatic carbocycles. The van der Waals surface area contributed by atoms with E-state index in [0.29, 0.717) is 0 Å². The summed E-state index contributed by atoms with van der Waals surface area (Å²) in [6.07, 6.45) is 7.25. The number of benzene rings is 1. The van der Waals surface area contributed by atoms with Crippen molar-refractivity contribution in [3.8, 4) is 0 Å². The molecule has 1 aromatic heterocycles. The van der Waals surface area contributed by atoms with Crippen molar-refractivity contribution in [2.24, 2.45) is 0 Å². The van der Waals surface area contributed by atoms with E-state index in [-0.39, 0.29) is 24.3 Å². The number of carbonyl (C=O) groups is 1. The van der Waals surface area contributed by atoms with E-state index < -0.39 is 4.92 Å². The van der Waals surface area contributed by atoms with Crippen LogP contribution in [0.1, 0.15) is 42.5 Å². The number of amides is 1. The van der Waals surface area contributed by atoms with Crippen molar-refractivity contribution in [1.82, 2.24) is 14.9 Å². The highest BCUT2D eigenvalue weighted by atomic mass is 16.6. The highest BCUT2D eigenvalue weighted by Gasteiger charge is 2.16. The fourth-order valence-corrected chi connectivity index (χ4v) is 3.09. The lowest BCUT2D eigenvalue weighted by Crippen LogP contribution is -2.30. The van der Waals surface area contributed by atoms with Gasteiger partial charge in [-0.05, 0) is 59.2 Å². The van der Waals surface area contributed by atoms with Crippen molar-refractivity contribution in [3.63, 3.8) is 0 Å². The number of hydrogen-bond donors (Lipinski definition) is 1. The fourth-order valence-electron chi connectivity index (χ4n) is 3.09. The molecule has 1 unspecified atom stereocenters. The van der Waals surface area contributed by atoms with Crippen molar-refractivity contribution < 1.29 is 9.72 Å². The van der Waals surface area contributed by atoms with Gasteiger partial charge in [-0.25, -0.2) is 0 Å². The molecule has 0 fully saturated rings. The third-order valence-corrected chi connectivity index (χ3v) is 4.38. The summed E-state index contributed by atoms with van der Waals surface area (Å²) >= 11 is 0. The normalized spacial score (nSPS) is 14.7. The Morgan fingerprint density at radius 1 is 1.38 bits per heavy atom. The molecule has 1 amide bonds. The molecule has 3 rings (SSSR count). The summed E-state index contributed by atoms with van der Waals surface area (Å²) < 4.78 is 1.41. The summed E-state index contributed by atoms with van der Waals surface area (Å²) in [6, 6.07) is 6.30. The number of nitrogens with one attached hydrogen (secondary N) is 1. The van der Waals surface area contributed by atoms with Crippen molar-refractivity contribution >= 4 is 11.7 Å². The van der Waals surface area contributed by atoms with Crippen LogP contribution >= 0.6 is 0 Å². The van der Waals surface area contributed by atoms with Gasteiger partial charge in [0.15, 0.2) is 0 Å². The Hall–Kier alpha value is -2.70. The Morgan fingerprint density at radius 2 is 2.12 bits per heavy atom. The van der Waals surface area contributed by atoms with E-state index in [4.69, 9.17) is 0 Å². The van der Waals surface area contributed by atoms with Crippen LogP contribution < -0.4 is 5.32 Å². The smallest absolute Gasteiger partial charge is 0.358 e. The SMILES string of the molecule is CC(NC(=O)Cn1cnc([N+](=O)[O-])c1)c1ccc2c(c1)CCCC2. The van der Waals surface area contributed by atoms with Crippen LogP contribution in [0, 0.1) is 10.1 Å². The second-order valence-electron chi connectivity index (χ2n) is 6.19. The second-order valence-corrected chi connectivity index (χ2v) is 6.19. The number of fused-ring (bicyclic) bond motifs is 1. The predicted molar refractivity (Wildman–Crippen MR) is 88.5 cm³/mol. The molecule has 0 saturated heterocycles. The number of aromatic nitrogens is 2. The second kappa shape index (κ2) is 6.82. The minimum Gasteiger partial charge on any atom is -0.358 e. The number of aryl methyl sites for hydroxylation is 2. The maximum Gasteiger partial charge on any atom is 0.381 e. The monoisotopic (exact) mass is 328 g/mol. The molecule has 0 radical (unpaired) electrons. The van der Waals surface area contributed by atoms with Crippen LogP contribution in [0.15, 0.2) is 30.7 Å². The number of nitrogens with zero attached hydrogens (tertiary/aromatic N) is 3. The summed E-state index contributed by atoms with van der Waals surface area (Å²) in [5, 5.41) is 13.5. The number of hydrogen-bond acceptors (Lipinski definition) is 4. The third-order valence-electron chi connectivity index (χ3n) is 4.38. The average molecular weight is 328 g/mol. The molecule has 0 aliphatic heterocycles. The van der Waals surface area contributed by atoms with Crippen molar-refractivity contribution in [3.05, 3.63) is 57.5 Å². The van der Waals surface area contributed by atoms with Crippen LogP contribution in [-0.2, 0) is 24.2 Å². The molecule has 0 spiro atoms. The van der Waals surface area contributed by atoms with Gasteiger partial charge in [-0.3, -0.25) is 4.79 Å².